The summed E-state index contributed by atoms with van der Waals surface area (Å²) >= 11 is 0. The van der Waals surface area contributed by atoms with Crippen LogP contribution in [0.3, 0.4) is 0 Å². The van der Waals surface area contributed by atoms with Crippen molar-refractivity contribution in [1.29, 1.82) is 0 Å². The van der Waals surface area contributed by atoms with Crippen LogP contribution in [0.25, 0.3) is 11.0 Å². The third kappa shape index (κ3) is 6.12. The fourth-order valence-corrected chi connectivity index (χ4v) is 4.67. The molecule has 0 spiro atoms. The van der Waals surface area contributed by atoms with Crippen molar-refractivity contribution >= 4 is 18.6 Å². The van der Waals surface area contributed by atoms with Crippen molar-refractivity contribution in [2.45, 2.75) is 26.9 Å². The molecule has 3 aromatic rings. The second kappa shape index (κ2) is 11.2. The van der Waals surface area contributed by atoms with Crippen LogP contribution >= 0.6 is 7.60 Å². The summed E-state index contributed by atoms with van der Waals surface area (Å²) in [7, 11) is -3.00. The summed E-state index contributed by atoms with van der Waals surface area (Å²) in [6.45, 7) is 6.10. The number of fused-ring (bicyclic) bond motifs is 1. The smallest absolute Gasteiger partial charge is 0.331 e. The van der Waals surface area contributed by atoms with Crippen molar-refractivity contribution in [2.75, 3.05) is 32.5 Å². The largest absolute Gasteiger partial charge is 0.471 e. The highest BCUT2D eigenvalue weighted by atomic mass is 31.2. The summed E-state index contributed by atoms with van der Waals surface area (Å²) < 4.78 is 29.0. The van der Waals surface area contributed by atoms with E-state index in [4.69, 9.17) is 13.8 Å². The van der Waals surface area contributed by atoms with E-state index in [0.29, 0.717) is 38.4 Å². The Bertz CT molecular complexity index is 954. The average Bonchev–Trinajstić information content (AvgIpc) is 3.17. The molecule has 0 bridgehead atoms. The number of hydrogen-bond acceptors (Lipinski definition) is 7. The normalized spacial score (nSPS) is 11.8. The molecular weight excluding hydrogens is 403 g/mol. The highest BCUT2D eigenvalue weighted by Crippen LogP contribution is 2.47. The van der Waals surface area contributed by atoms with Crippen molar-refractivity contribution in [1.82, 2.24) is 20.3 Å². The molecule has 0 aliphatic carbocycles. The number of H-pyrrole nitrogens is 1. The van der Waals surface area contributed by atoms with Gasteiger partial charge in [0.25, 0.3) is 0 Å². The molecule has 9 heteroatoms. The Morgan fingerprint density at radius 3 is 2.57 bits per heavy atom. The summed E-state index contributed by atoms with van der Waals surface area (Å²) in [4.78, 5) is 11.9. The Balaban J connectivity index is 1.53. The highest BCUT2D eigenvalue weighted by molar-refractivity contribution is 7.53. The molecule has 0 aliphatic rings. The second-order valence-corrected chi connectivity index (χ2v) is 8.85. The first-order valence-corrected chi connectivity index (χ1v) is 11.9. The number of nitrogens with zero attached hydrogens (tertiary/aromatic N) is 2. The predicted molar refractivity (Wildman–Crippen MR) is 117 cm³/mol. The molecular formula is C21H29N4O4P. The maximum absolute atomic E-state index is 12.5. The van der Waals surface area contributed by atoms with Gasteiger partial charge in [-0.15, -0.1) is 0 Å². The number of rotatable bonds is 13. The minimum absolute atomic E-state index is 0.349. The maximum atomic E-state index is 12.5. The molecule has 2 heterocycles. The maximum Gasteiger partial charge on any atom is 0.331 e. The summed E-state index contributed by atoms with van der Waals surface area (Å²) in [5.41, 5.74) is 3.80. The van der Waals surface area contributed by atoms with Gasteiger partial charge in [-0.3, -0.25) is 4.57 Å². The van der Waals surface area contributed by atoms with E-state index in [-0.39, 0.29) is 0 Å². The van der Waals surface area contributed by atoms with E-state index in [9.17, 15) is 4.57 Å². The zero-order chi connectivity index (χ0) is 21.2. The van der Waals surface area contributed by atoms with Gasteiger partial charge in [0, 0.05) is 12.7 Å². The van der Waals surface area contributed by atoms with Gasteiger partial charge in [-0.25, -0.2) is 4.98 Å². The van der Waals surface area contributed by atoms with E-state index in [1.807, 2.05) is 50.4 Å². The molecule has 30 heavy (non-hydrogen) atoms. The van der Waals surface area contributed by atoms with Gasteiger partial charge in [-0.05, 0) is 37.9 Å². The zero-order valence-electron chi connectivity index (χ0n) is 17.5. The number of nitrogens with one attached hydrogen (secondary N) is 2. The van der Waals surface area contributed by atoms with Crippen LogP contribution in [-0.4, -0.2) is 47.4 Å². The van der Waals surface area contributed by atoms with Crippen LogP contribution in [0, 0.1) is 0 Å². The van der Waals surface area contributed by atoms with Crippen LogP contribution in [0.4, 0.5) is 0 Å². The lowest BCUT2D eigenvalue weighted by molar-refractivity contribution is 0.220. The van der Waals surface area contributed by atoms with Crippen LogP contribution in [0.15, 0.2) is 42.9 Å². The average molecular weight is 432 g/mol. The van der Waals surface area contributed by atoms with E-state index < -0.39 is 7.60 Å². The zero-order valence-corrected chi connectivity index (χ0v) is 18.4. The van der Waals surface area contributed by atoms with Crippen LogP contribution in [0.5, 0.6) is 5.88 Å². The molecule has 0 atom stereocenters. The number of hydrogen-bond donors (Lipinski definition) is 2. The second-order valence-electron chi connectivity index (χ2n) is 6.66. The molecule has 8 nitrogen and oxygen atoms in total. The Labute approximate surface area is 176 Å². The number of benzene rings is 1. The van der Waals surface area contributed by atoms with Gasteiger partial charge >= 0.3 is 7.60 Å². The number of aromatic amines is 1. The van der Waals surface area contributed by atoms with Crippen LogP contribution in [-0.2, 0) is 26.6 Å². The summed E-state index contributed by atoms with van der Waals surface area (Å²) in [5.74, 6) is 0.539. The monoisotopic (exact) mass is 432 g/mol. The third-order valence-corrected chi connectivity index (χ3v) is 6.59. The molecule has 162 valence electrons. The molecule has 0 radical (unpaired) electrons. The summed E-state index contributed by atoms with van der Waals surface area (Å²) in [5, 5.41) is 3.30. The SMILES string of the molecule is CCOP(=O)(CCNCCc1c[nH]c2c(OCc3ccccc3)ncnc12)OCC. The van der Waals surface area contributed by atoms with E-state index in [1.165, 1.54) is 6.33 Å². The molecule has 0 aliphatic heterocycles. The van der Waals surface area contributed by atoms with Gasteiger partial charge in [-0.2, -0.15) is 4.98 Å². The quantitative estimate of drug-likeness (QED) is 0.312. The molecule has 0 unspecified atom stereocenters. The van der Waals surface area contributed by atoms with Gasteiger partial charge in [0.15, 0.2) is 0 Å². The fourth-order valence-electron chi connectivity index (χ4n) is 3.12. The molecule has 0 saturated carbocycles. The molecule has 0 fully saturated rings. The summed E-state index contributed by atoms with van der Waals surface area (Å²) in [6, 6.07) is 9.97. The first kappa shape index (κ1) is 22.4. The lowest BCUT2D eigenvalue weighted by Gasteiger charge is -2.17. The third-order valence-electron chi connectivity index (χ3n) is 4.51. The Morgan fingerprint density at radius 2 is 1.83 bits per heavy atom. The van der Waals surface area contributed by atoms with Crippen LogP contribution in [0.1, 0.15) is 25.0 Å². The standard InChI is InChI=1S/C21H29N4O4P/c1-3-28-30(26,29-4-2)13-12-22-11-10-18-14-23-20-19(18)24-16-25-21(20)27-15-17-8-6-5-7-9-17/h5-9,14,16,22-23H,3-4,10-13,15H2,1-2H3. The lowest BCUT2D eigenvalue weighted by Crippen LogP contribution is -2.22. The van der Waals surface area contributed by atoms with Crippen molar-refractivity contribution in [3.05, 3.63) is 54.0 Å². The Hall–Kier alpha value is -2.25. The van der Waals surface area contributed by atoms with E-state index in [0.717, 1.165) is 35.1 Å². The van der Waals surface area contributed by atoms with Gasteiger partial charge in [0.05, 0.1) is 24.9 Å². The Kier molecular flexibility index (Phi) is 8.39. The predicted octanol–water partition coefficient (Wildman–Crippen LogP) is 3.94. The van der Waals surface area contributed by atoms with Crippen molar-refractivity contribution in [3.8, 4) is 5.88 Å². The number of aromatic nitrogens is 3. The van der Waals surface area contributed by atoms with Gasteiger partial charge in [-0.1, -0.05) is 30.3 Å². The Morgan fingerprint density at radius 1 is 1.07 bits per heavy atom. The highest BCUT2D eigenvalue weighted by Gasteiger charge is 2.22. The van der Waals surface area contributed by atoms with Gasteiger partial charge < -0.3 is 24.1 Å². The first-order valence-electron chi connectivity index (χ1n) is 10.2. The van der Waals surface area contributed by atoms with Crippen molar-refractivity contribution in [3.63, 3.8) is 0 Å². The minimum Gasteiger partial charge on any atom is -0.471 e. The minimum atomic E-state index is -3.00. The van der Waals surface area contributed by atoms with Crippen LogP contribution in [0.2, 0.25) is 0 Å². The van der Waals surface area contributed by atoms with E-state index in [2.05, 4.69) is 20.3 Å². The summed E-state index contributed by atoms with van der Waals surface area (Å²) in [6.07, 6.45) is 4.57. The molecule has 2 aromatic heterocycles. The molecule has 0 saturated heterocycles. The lowest BCUT2D eigenvalue weighted by atomic mass is 10.2. The molecule has 1 aromatic carbocycles. The molecule has 3 rings (SSSR count). The topological polar surface area (TPSA) is 98.4 Å². The van der Waals surface area contributed by atoms with Crippen molar-refractivity contribution in [2.24, 2.45) is 0 Å². The van der Waals surface area contributed by atoms with Crippen LogP contribution < -0.4 is 10.1 Å². The van der Waals surface area contributed by atoms with Gasteiger partial charge in [0.2, 0.25) is 5.88 Å². The van der Waals surface area contributed by atoms with E-state index in [1.54, 1.807) is 0 Å². The first-order chi connectivity index (χ1) is 14.6. The fraction of sp³-hybridized carbons (Fsp3) is 0.429. The van der Waals surface area contributed by atoms with Crippen molar-refractivity contribution < 1.29 is 18.3 Å². The molecule has 2 N–H and O–H groups in total. The van der Waals surface area contributed by atoms with Gasteiger partial charge in [0.1, 0.15) is 18.5 Å². The number of ether oxygens (including phenoxy) is 1. The van der Waals surface area contributed by atoms with E-state index >= 15 is 0 Å². The molecule has 0 amide bonds.